The van der Waals surface area contributed by atoms with Gasteiger partial charge in [0.05, 0.1) is 12.4 Å². The summed E-state index contributed by atoms with van der Waals surface area (Å²) in [5, 5.41) is 15.4. The minimum absolute atomic E-state index is 0.0556. The average Bonchev–Trinajstić information content (AvgIpc) is 2.27. The minimum Gasteiger partial charge on any atom is -0.396 e. The molecule has 0 saturated heterocycles. The van der Waals surface area contributed by atoms with Crippen LogP contribution in [0.4, 0.5) is 11.6 Å². The molecule has 5 nitrogen and oxygen atoms in total. The molecular formula is C12H22N4O. The smallest absolute Gasteiger partial charge is 0.147 e. The number of aromatic nitrogens is 2. The first-order valence-corrected chi connectivity index (χ1v) is 5.84. The van der Waals surface area contributed by atoms with Crippen LogP contribution in [0.15, 0.2) is 12.4 Å². The van der Waals surface area contributed by atoms with E-state index in [1.165, 1.54) is 0 Å². The maximum atomic E-state index is 9.09. The molecule has 1 rings (SSSR count). The molecule has 1 aromatic heterocycles. The lowest BCUT2D eigenvalue weighted by atomic mass is 9.85. The zero-order valence-electron chi connectivity index (χ0n) is 11.0. The van der Waals surface area contributed by atoms with Crippen LogP contribution in [-0.4, -0.2) is 34.8 Å². The van der Waals surface area contributed by atoms with E-state index in [9.17, 15) is 0 Å². The van der Waals surface area contributed by atoms with E-state index >= 15 is 0 Å². The van der Waals surface area contributed by atoms with Crippen molar-refractivity contribution < 1.29 is 5.11 Å². The van der Waals surface area contributed by atoms with Gasteiger partial charge in [-0.1, -0.05) is 20.8 Å². The summed E-state index contributed by atoms with van der Waals surface area (Å²) >= 11 is 0. The van der Waals surface area contributed by atoms with E-state index in [1.807, 2.05) is 7.05 Å². The van der Waals surface area contributed by atoms with Crippen LogP contribution in [0.5, 0.6) is 0 Å². The van der Waals surface area contributed by atoms with E-state index in [0.717, 1.165) is 11.6 Å². The maximum Gasteiger partial charge on any atom is 0.147 e. The topological polar surface area (TPSA) is 70.1 Å². The molecule has 0 bridgehead atoms. The number of nitrogens with one attached hydrogen (secondary N) is 2. The largest absolute Gasteiger partial charge is 0.396 e. The Bertz CT molecular complexity index is 349. The quantitative estimate of drug-likeness (QED) is 0.728. The van der Waals surface area contributed by atoms with Gasteiger partial charge in [-0.15, -0.1) is 0 Å². The van der Waals surface area contributed by atoms with Crippen LogP contribution in [0.1, 0.15) is 27.2 Å². The van der Waals surface area contributed by atoms with Gasteiger partial charge in [-0.2, -0.15) is 0 Å². The summed E-state index contributed by atoms with van der Waals surface area (Å²) in [5.74, 6) is 1.46. The van der Waals surface area contributed by atoms with Crippen molar-refractivity contribution in [2.45, 2.75) is 33.2 Å². The first-order chi connectivity index (χ1) is 7.97. The second-order valence-electron chi connectivity index (χ2n) is 5.11. The van der Waals surface area contributed by atoms with Crippen molar-refractivity contribution in [2.24, 2.45) is 5.41 Å². The lowest BCUT2D eigenvalue weighted by Gasteiger charge is -2.31. The average molecular weight is 238 g/mol. The van der Waals surface area contributed by atoms with E-state index in [1.54, 1.807) is 12.4 Å². The van der Waals surface area contributed by atoms with Crippen molar-refractivity contribution in [3.8, 4) is 0 Å². The fourth-order valence-corrected chi connectivity index (χ4v) is 1.59. The molecule has 5 heteroatoms. The molecule has 0 aliphatic rings. The Balaban J connectivity index is 2.78. The van der Waals surface area contributed by atoms with E-state index in [4.69, 9.17) is 5.11 Å². The number of aliphatic hydroxyl groups excluding tert-OH is 1. The van der Waals surface area contributed by atoms with E-state index in [-0.39, 0.29) is 18.1 Å². The molecule has 1 atom stereocenters. The normalized spacial score (nSPS) is 13.2. The van der Waals surface area contributed by atoms with Gasteiger partial charge >= 0.3 is 0 Å². The molecule has 3 N–H and O–H groups in total. The van der Waals surface area contributed by atoms with Gasteiger partial charge in [0.25, 0.3) is 0 Å². The molecule has 0 aliphatic heterocycles. The second kappa shape index (κ2) is 5.82. The van der Waals surface area contributed by atoms with Crippen LogP contribution < -0.4 is 10.6 Å². The number of nitrogens with zero attached hydrogens (tertiary/aromatic N) is 2. The summed E-state index contributed by atoms with van der Waals surface area (Å²) in [6, 6.07) is 0.161. The maximum absolute atomic E-state index is 9.09. The third-order valence-electron chi connectivity index (χ3n) is 2.68. The molecule has 1 unspecified atom stereocenters. The molecule has 0 spiro atoms. The van der Waals surface area contributed by atoms with Gasteiger partial charge in [0.15, 0.2) is 0 Å². The number of aliphatic hydroxyl groups is 1. The van der Waals surface area contributed by atoms with Gasteiger partial charge < -0.3 is 15.7 Å². The highest BCUT2D eigenvalue weighted by Gasteiger charge is 2.24. The fraction of sp³-hybridized carbons (Fsp3) is 0.667. The third-order valence-corrected chi connectivity index (χ3v) is 2.68. The summed E-state index contributed by atoms with van der Waals surface area (Å²) in [5.41, 5.74) is 0.0556. The summed E-state index contributed by atoms with van der Waals surface area (Å²) in [6.07, 6.45) is 4.05. The lowest BCUT2D eigenvalue weighted by molar-refractivity contribution is 0.235. The summed E-state index contributed by atoms with van der Waals surface area (Å²) < 4.78 is 0. The summed E-state index contributed by atoms with van der Waals surface area (Å²) in [6.45, 7) is 6.56. The van der Waals surface area contributed by atoms with Gasteiger partial charge in [0.2, 0.25) is 0 Å². The molecular weight excluding hydrogens is 216 g/mol. The molecule has 0 radical (unpaired) electrons. The van der Waals surface area contributed by atoms with E-state index < -0.39 is 0 Å². The predicted molar refractivity (Wildman–Crippen MR) is 70.1 cm³/mol. The number of hydrogen-bond acceptors (Lipinski definition) is 5. The van der Waals surface area contributed by atoms with Crippen molar-refractivity contribution in [2.75, 3.05) is 24.3 Å². The molecule has 0 fully saturated rings. The van der Waals surface area contributed by atoms with Crippen molar-refractivity contribution in [3.05, 3.63) is 12.4 Å². The highest BCUT2D eigenvalue weighted by atomic mass is 16.3. The zero-order valence-corrected chi connectivity index (χ0v) is 11.0. The molecule has 17 heavy (non-hydrogen) atoms. The summed E-state index contributed by atoms with van der Waals surface area (Å²) in [4.78, 5) is 8.46. The molecule has 1 heterocycles. The Kier molecular flexibility index (Phi) is 4.69. The zero-order chi connectivity index (χ0) is 12.9. The molecule has 0 amide bonds. The number of hydrogen-bond donors (Lipinski definition) is 3. The monoisotopic (exact) mass is 238 g/mol. The van der Waals surface area contributed by atoms with Crippen LogP contribution in [-0.2, 0) is 0 Å². The number of rotatable bonds is 5. The molecule has 1 aromatic rings. The first kappa shape index (κ1) is 13.7. The minimum atomic E-state index is 0.0556. The van der Waals surface area contributed by atoms with Gasteiger partial charge in [-0.25, -0.2) is 4.98 Å². The van der Waals surface area contributed by atoms with Gasteiger partial charge in [0.1, 0.15) is 11.6 Å². The van der Waals surface area contributed by atoms with Crippen molar-refractivity contribution in [3.63, 3.8) is 0 Å². The molecule has 0 saturated carbocycles. The summed E-state index contributed by atoms with van der Waals surface area (Å²) in [7, 11) is 1.81. The van der Waals surface area contributed by atoms with E-state index in [0.29, 0.717) is 6.42 Å². The van der Waals surface area contributed by atoms with Gasteiger partial charge in [-0.3, -0.25) is 4.98 Å². The molecule has 96 valence electrons. The molecule has 0 aromatic carbocycles. The van der Waals surface area contributed by atoms with Crippen molar-refractivity contribution in [1.29, 1.82) is 0 Å². The fourth-order valence-electron chi connectivity index (χ4n) is 1.59. The predicted octanol–water partition coefficient (Wildman–Crippen LogP) is 1.73. The standard InChI is InChI=1S/C12H22N4O/c1-12(2,3)9(5-6-17)15-11-8-14-7-10(13-4)16-11/h7-9,17H,5-6H2,1-4H3,(H2,13,15,16). The Morgan fingerprint density at radius 3 is 2.47 bits per heavy atom. The van der Waals surface area contributed by atoms with Crippen molar-refractivity contribution >= 4 is 11.6 Å². The highest BCUT2D eigenvalue weighted by Crippen LogP contribution is 2.24. The van der Waals surface area contributed by atoms with E-state index in [2.05, 4.69) is 41.4 Å². The first-order valence-electron chi connectivity index (χ1n) is 5.84. The van der Waals surface area contributed by atoms with Crippen LogP contribution >= 0.6 is 0 Å². The third kappa shape index (κ3) is 4.19. The van der Waals surface area contributed by atoms with Crippen LogP contribution in [0.3, 0.4) is 0 Å². The Labute approximate surface area is 103 Å². The number of anilines is 2. The second-order valence-corrected chi connectivity index (χ2v) is 5.11. The van der Waals surface area contributed by atoms with Gasteiger partial charge in [0, 0.05) is 19.7 Å². The van der Waals surface area contributed by atoms with Crippen LogP contribution in [0, 0.1) is 5.41 Å². The van der Waals surface area contributed by atoms with Gasteiger partial charge in [-0.05, 0) is 11.8 Å². The highest BCUT2D eigenvalue weighted by molar-refractivity contribution is 5.41. The van der Waals surface area contributed by atoms with Crippen molar-refractivity contribution in [1.82, 2.24) is 9.97 Å². The Hall–Kier alpha value is -1.36. The Morgan fingerprint density at radius 2 is 1.94 bits per heavy atom. The Morgan fingerprint density at radius 1 is 1.29 bits per heavy atom. The SMILES string of the molecule is CNc1cncc(NC(CCO)C(C)(C)C)n1. The molecule has 0 aliphatic carbocycles. The lowest BCUT2D eigenvalue weighted by Crippen LogP contribution is -2.35. The van der Waals surface area contributed by atoms with Crippen LogP contribution in [0.25, 0.3) is 0 Å². The van der Waals surface area contributed by atoms with Crippen LogP contribution in [0.2, 0.25) is 0 Å².